The molecule has 0 aromatic heterocycles. The number of hydrogen-bond donors (Lipinski definition) is 6. The number of amides is 3. The third-order valence-corrected chi connectivity index (χ3v) is 6.91. The minimum atomic E-state index is -1.16. The minimum Gasteiger partial charge on any atom is -0.508 e. The van der Waals surface area contributed by atoms with Crippen molar-refractivity contribution in [2.24, 2.45) is 17.4 Å². The van der Waals surface area contributed by atoms with E-state index in [0.717, 1.165) is 6.42 Å². The molecule has 11 heteroatoms. The van der Waals surface area contributed by atoms with Crippen LogP contribution < -0.4 is 22.1 Å². The quantitative estimate of drug-likeness (QED) is 0.191. The molecule has 5 unspecified atom stereocenters. The Morgan fingerprint density at radius 3 is 2.41 bits per heavy atom. The number of carbonyl (C=O) groups excluding carboxylic acids is 3. The van der Waals surface area contributed by atoms with Crippen molar-refractivity contribution in [3.63, 3.8) is 0 Å². The average Bonchev–Trinajstić information content (AvgIpc) is 3.37. The first kappa shape index (κ1) is 30.0. The molecular weight excluding hydrogens is 478 g/mol. The number of carboxylic acid groups (broad SMARTS) is 1. The van der Waals surface area contributed by atoms with Crippen molar-refractivity contribution >= 4 is 23.7 Å². The van der Waals surface area contributed by atoms with Crippen molar-refractivity contribution in [2.45, 2.75) is 83.0 Å². The molecule has 1 fully saturated rings. The molecule has 3 amide bonds. The van der Waals surface area contributed by atoms with Crippen LogP contribution in [0.1, 0.15) is 57.9 Å². The third-order valence-electron chi connectivity index (χ3n) is 6.91. The molecule has 0 radical (unpaired) electrons. The van der Waals surface area contributed by atoms with E-state index in [0.29, 0.717) is 50.8 Å². The highest BCUT2D eigenvalue weighted by Gasteiger charge is 2.38. The normalized spacial score (nSPS) is 18.5. The summed E-state index contributed by atoms with van der Waals surface area (Å²) in [5.41, 5.74) is 12.3. The number of rotatable bonds is 14. The van der Waals surface area contributed by atoms with Gasteiger partial charge in [-0.2, -0.15) is 0 Å². The van der Waals surface area contributed by atoms with Gasteiger partial charge in [-0.25, -0.2) is 4.79 Å². The summed E-state index contributed by atoms with van der Waals surface area (Å²) < 4.78 is 0. The molecule has 0 saturated carbocycles. The molecule has 11 nitrogen and oxygen atoms in total. The van der Waals surface area contributed by atoms with Gasteiger partial charge in [-0.05, 0) is 55.8 Å². The van der Waals surface area contributed by atoms with Crippen LogP contribution in [0.4, 0.5) is 0 Å². The minimum absolute atomic E-state index is 0.0550. The van der Waals surface area contributed by atoms with Crippen LogP contribution in [0.15, 0.2) is 24.3 Å². The molecule has 37 heavy (non-hydrogen) atoms. The third kappa shape index (κ3) is 8.71. The average molecular weight is 520 g/mol. The molecule has 0 spiro atoms. The molecule has 206 valence electrons. The van der Waals surface area contributed by atoms with E-state index in [4.69, 9.17) is 11.5 Å². The monoisotopic (exact) mass is 519 g/mol. The lowest BCUT2D eigenvalue weighted by Gasteiger charge is -2.29. The number of likely N-dealkylation sites (tertiary alicyclic amines) is 1. The van der Waals surface area contributed by atoms with Crippen LogP contribution in [0.2, 0.25) is 0 Å². The van der Waals surface area contributed by atoms with Crippen molar-refractivity contribution in [3.8, 4) is 5.75 Å². The van der Waals surface area contributed by atoms with E-state index in [-0.39, 0.29) is 24.0 Å². The summed E-state index contributed by atoms with van der Waals surface area (Å²) in [5, 5.41) is 24.5. The van der Waals surface area contributed by atoms with Gasteiger partial charge < -0.3 is 37.2 Å². The van der Waals surface area contributed by atoms with Gasteiger partial charge >= 0.3 is 5.97 Å². The summed E-state index contributed by atoms with van der Waals surface area (Å²) in [4.78, 5) is 52.7. The fourth-order valence-corrected chi connectivity index (χ4v) is 4.43. The van der Waals surface area contributed by atoms with Crippen LogP contribution in [0.5, 0.6) is 5.75 Å². The van der Waals surface area contributed by atoms with Crippen LogP contribution in [0, 0.1) is 5.92 Å². The Morgan fingerprint density at radius 1 is 1.14 bits per heavy atom. The number of nitrogens with two attached hydrogens (primary N) is 2. The highest BCUT2D eigenvalue weighted by atomic mass is 16.4. The number of nitrogens with one attached hydrogen (secondary N) is 2. The number of carbonyl (C=O) groups is 4. The second kappa shape index (κ2) is 14.5. The summed E-state index contributed by atoms with van der Waals surface area (Å²) in [6, 6.07) is 2.47. The number of phenols is 1. The van der Waals surface area contributed by atoms with Gasteiger partial charge in [0.05, 0.1) is 6.04 Å². The molecule has 1 heterocycles. The van der Waals surface area contributed by atoms with E-state index < -0.39 is 42.0 Å². The summed E-state index contributed by atoms with van der Waals surface area (Å²) in [5.74, 6) is -2.86. The van der Waals surface area contributed by atoms with Gasteiger partial charge in [0, 0.05) is 13.0 Å². The number of phenolic OH excluding ortho intramolecular Hbond substituents is 1. The number of benzene rings is 1. The van der Waals surface area contributed by atoms with E-state index in [1.807, 2.05) is 6.92 Å². The lowest BCUT2D eigenvalue weighted by Crippen LogP contribution is -2.57. The fraction of sp³-hybridized carbons (Fsp3) is 0.615. The summed E-state index contributed by atoms with van der Waals surface area (Å²) in [6.07, 6.45) is 3.62. The van der Waals surface area contributed by atoms with Crippen LogP contribution >= 0.6 is 0 Å². The van der Waals surface area contributed by atoms with Gasteiger partial charge in [0.1, 0.15) is 23.9 Å². The number of nitrogens with zero attached hydrogens (tertiary/aromatic N) is 1. The first-order valence-electron chi connectivity index (χ1n) is 13.0. The topological polar surface area (TPSA) is 188 Å². The van der Waals surface area contributed by atoms with E-state index in [9.17, 15) is 29.4 Å². The Hall–Kier alpha value is -3.18. The van der Waals surface area contributed by atoms with E-state index in [1.165, 1.54) is 17.0 Å². The van der Waals surface area contributed by atoms with Gasteiger partial charge in [-0.15, -0.1) is 0 Å². The predicted molar refractivity (Wildman–Crippen MR) is 138 cm³/mol. The maximum atomic E-state index is 13.3. The second-order valence-electron chi connectivity index (χ2n) is 9.72. The van der Waals surface area contributed by atoms with Crippen molar-refractivity contribution in [3.05, 3.63) is 29.8 Å². The summed E-state index contributed by atoms with van der Waals surface area (Å²) in [6.45, 7) is 4.46. The zero-order valence-corrected chi connectivity index (χ0v) is 21.7. The zero-order valence-electron chi connectivity index (χ0n) is 21.7. The van der Waals surface area contributed by atoms with Gasteiger partial charge in [0.15, 0.2) is 0 Å². The van der Waals surface area contributed by atoms with E-state index in [2.05, 4.69) is 10.6 Å². The smallest absolute Gasteiger partial charge is 0.326 e. The molecule has 5 atom stereocenters. The van der Waals surface area contributed by atoms with E-state index >= 15 is 0 Å². The number of hydrogen-bond acceptors (Lipinski definition) is 7. The Bertz CT molecular complexity index is 925. The zero-order chi connectivity index (χ0) is 27.5. The Balaban J connectivity index is 2.19. The van der Waals surface area contributed by atoms with Gasteiger partial charge in [-0.3, -0.25) is 14.4 Å². The first-order chi connectivity index (χ1) is 17.6. The number of unbranched alkanes of at least 4 members (excludes halogenated alkanes) is 1. The largest absolute Gasteiger partial charge is 0.508 e. The Morgan fingerprint density at radius 2 is 1.81 bits per heavy atom. The molecular formula is C26H41N5O6. The Kier molecular flexibility index (Phi) is 11.8. The first-order valence-corrected chi connectivity index (χ1v) is 13.0. The van der Waals surface area contributed by atoms with Crippen LogP contribution in [-0.2, 0) is 25.6 Å². The molecule has 1 aromatic carbocycles. The predicted octanol–water partition coefficient (Wildman–Crippen LogP) is 0.482. The van der Waals surface area contributed by atoms with Crippen LogP contribution in [0.25, 0.3) is 0 Å². The van der Waals surface area contributed by atoms with Crippen molar-refractivity contribution in [1.82, 2.24) is 15.5 Å². The molecule has 2 rings (SSSR count). The molecule has 0 bridgehead atoms. The Labute approximate surface area is 217 Å². The molecule has 1 saturated heterocycles. The van der Waals surface area contributed by atoms with Crippen molar-refractivity contribution < 1.29 is 29.4 Å². The molecule has 8 N–H and O–H groups in total. The van der Waals surface area contributed by atoms with Gasteiger partial charge in [0.2, 0.25) is 17.7 Å². The second-order valence-corrected chi connectivity index (χ2v) is 9.72. The molecule has 0 aliphatic carbocycles. The molecule has 1 aliphatic rings. The van der Waals surface area contributed by atoms with Crippen LogP contribution in [-0.4, -0.2) is 76.1 Å². The maximum absolute atomic E-state index is 13.3. The number of aromatic hydroxyl groups is 1. The van der Waals surface area contributed by atoms with Gasteiger partial charge in [0.25, 0.3) is 0 Å². The van der Waals surface area contributed by atoms with Crippen molar-refractivity contribution in [2.75, 3.05) is 13.1 Å². The summed E-state index contributed by atoms with van der Waals surface area (Å²) in [7, 11) is 0. The molecule has 1 aliphatic heterocycles. The summed E-state index contributed by atoms with van der Waals surface area (Å²) >= 11 is 0. The standard InChI is InChI=1S/C26H41N5O6/c1-3-16(2)22(26(36)37)30-23(33)20(15-17-9-11-18(32)12-10-17)29-24(34)21-8-6-14-31(21)25(35)19(28)7-4-5-13-27/h9-12,16,19-22,32H,3-8,13-15,27-28H2,1-2H3,(H,29,34)(H,30,33)(H,36,37). The maximum Gasteiger partial charge on any atom is 0.326 e. The number of aliphatic carboxylic acids is 1. The highest BCUT2D eigenvalue weighted by molar-refractivity contribution is 5.94. The molecule has 1 aromatic rings. The van der Waals surface area contributed by atoms with Crippen molar-refractivity contribution in [1.29, 1.82) is 0 Å². The SMILES string of the molecule is CCC(C)C(NC(=O)C(Cc1ccc(O)cc1)NC(=O)C1CCCN1C(=O)C(N)CCCCN)C(=O)O. The fourth-order valence-electron chi connectivity index (χ4n) is 4.43. The lowest BCUT2D eigenvalue weighted by molar-refractivity contribution is -0.144. The van der Waals surface area contributed by atoms with Crippen LogP contribution in [0.3, 0.4) is 0 Å². The number of carboxylic acids is 1. The highest BCUT2D eigenvalue weighted by Crippen LogP contribution is 2.20. The van der Waals surface area contributed by atoms with E-state index in [1.54, 1.807) is 19.1 Å². The lowest BCUT2D eigenvalue weighted by atomic mass is 9.98. The van der Waals surface area contributed by atoms with Gasteiger partial charge in [-0.1, -0.05) is 38.8 Å².